The quantitative estimate of drug-likeness (QED) is 0.780. The van der Waals surface area contributed by atoms with Crippen LogP contribution in [-0.2, 0) is 6.61 Å². The molecule has 0 aromatic carbocycles. The third-order valence-corrected chi connectivity index (χ3v) is 1.83. The van der Waals surface area contributed by atoms with Gasteiger partial charge in [-0.3, -0.25) is 4.98 Å². The first-order valence-electron chi connectivity index (χ1n) is 4.47. The number of anilines is 2. The smallest absolute Gasteiger partial charge is 0.150 e. The zero-order valence-electron chi connectivity index (χ0n) is 7.96. The summed E-state index contributed by atoms with van der Waals surface area (Å²) in [6, 6.07) is 3.51. The summed E-state index contributed by atoms with van der Waals surface area (Å²) in [4.78, 5) is 12.1. The number of hydrogen-bond donors (Lipinski definition) is 2. The van der Waals surface area contributed by atoms with Crippen molar-refractivity contribution in [3.05, 3.63) is 42.5 Å². The summed E-state index contributed by atoms with van der Waals surface area (Å²) in [5.74, 6) is 1.27. The third-order valence-electron chi connectivity index (χ3n) is 1.83. The van der Waals surface area contributed by atoms with E-state index in [1.807, 2.05) is 0 Å². The largest absolute Gasteiger partial charge is 0.392 e. The van der Waals surface area contributed by atoms with Gasteiger partial charge in [0.05, 0.1) is 12.8 Å². The molecule has 5 heteroatoms. The Labute approximate surface area is 86.9 Å². The minimum absolute atomic E-state index is 0.00231. The SMILES string of the molecule is OCc1ccnc(Nc2cnccn2)c1. The molecule has 0 unspecified atom stereocenters. The highest BCUT2D eigenvalue weighted by atomic mass is 16.3. The van der Waals surface area contributed by atoms with Gasteiger partial charge in [-0.2, -0.15) is 0 Å². The lowest BCUT2D eigenvalue weighted by atomic mass is 10.3. The van der Waals surface area contributed by atoms with Gasteiger partial charge < -0.3 is 10.4 Å². The Morgan fingerprint density at radius 1 is 1.13 bits per heavy atom. The Hall–Kier alpha value is -2.01. The summed E-state index contributed by atoms with van der Waals surface area (Å²) in [6.45, 7) is -0.00231. The molecule has 0 aliphatic carbocycles. The van der Waals surface area contributed by atoms with Gasteiger partial charge in [-0.1, -0.05) is 0 Å². The maximum Gasteiger partial charge on any atom is 0.150 e. The minimum atomic E-state index is -0.00231. The predicted octanol–water partition coefficient (Wildman–Crippen LogP) is 1.11. The maximum absolute atomic E-state index is 8.94. The van der Waals surface area contributed by atoms with Gasteiger partial charge in [-0.05, 0) is 17.7 Å². The molecule has 5 nitrogen and oxygen atoms in total. The number of nitrogens with one attached hydrogen (secondary N) is 1. The predicted molar refractivity (Wildman–Crippen MR) is 55.5 cm³/mol. The van der Waals surface area contributed by atoms with Crippen LogP contribution in [-0.4, -0.2) is 20.1 Å². The van der Waals surface area contributed by atoms with Crippen molar-refractivity contribution in [2.75, 3.05) is 5.32 Å². The lowest BCUT2D eigenvalue weighted by Crippen LogP contribution is -1.97. The number of hydrogen-bond acceptors (Lipinski definition) is 5. The summed E-state index contributed by atoms with van der Waals surface area (Å²) in [6.07, 6.45) is 6.43. The zero-order valence-corrected chi connectivity index (χ0v) is 7.96. The first-order valence-corrected chi connectivity index (χ1v) is 4.47. The van der Waals surface area contributed by atoms with Crippen molar-refractivity contribution in [1.82, 2.24) is 15.0 Å². The number of aliphatic hydroxyl groups excluding tert-OH is 1. The minimum Gasteiger partial charge on any atom is -0.392 e. The average molecular weight is 202 g/mol. The average Bonchev–Trinajstić information content (AvgIpc) is 2.31. The molecule has 15 heavy (non-hydrogen) atoms. The second-order valence-electron chi connectivity index (χ2n) is 2.92. The normalized spacial score (nSPS) is 9.93. The molecule has 0 atom stereocenters. The molecule has 0 aliphatic heterocycles. The van der Waals surface area contributed by atoms with Crippen molar-refractivity contribution in [2.45, 2.75) is 6.61 Å². The van der Waals surface area contributed by atoms with Gasteiger partial charge in [0, 0.05) is 18.6 Å². The van der Waals surface area contributed by atoms with Crippen LogP contribution in [0.25, 0.3) is 0 Å². The van der Waals surface area contributed by atoms with E-state index in [0.29, 0.717) is 11.6 Å². The van der Waals surface area contributed by atoms with E-state index in [9.17, 15) is 0 Å². The fraction of sp³-hybridized carbons (Fsp3) is 0.100. The van der Waals surface area contributed by atoms with Crippen LogP contribution in [0.3, 0.4) is 0 Å². The van der Waals surface area contributed by atoms with Crippen molar-refractivity contribution in [3.63, 3.8) is 0 Å². The first-order chi connectivity index (χ1) is 7.38. The second-order valence-corrected chi connectivity index (χ2v) is 2.92. The summed E-state index contributed by atoms with van der Waals surface area (Å²) < 4.78 is 0. The molecule has 0 radical (unpaired) electrons. The van der Waals surface area contributed by atoms with Gasteiger partial charge in [-0.25, -0.2) is 9.97 Å². The molecular formula is C10H10N4O. The summed E-state index contributed by atoms with van der Waals surface area (Å²) in [7, 11) is 0. The van der Waals surface area contributed by atoms with Crippen LogP contribution in [0.4, 0.5) is 11.6 Å². The van der Waals surface area contributed by atoms with Crippen LogP contribution in [0.5, 0.6) is 0 Å². The standard InChI is InChI=1S/C10H10N4O/c15-7-8-1-2-12-9(5-8)14-10-6-11-3-4-13-10/h1-6,15H,7H2,(H,12,13,14). The molecule has 0 amide bonds. The van der Waals surface area contributed by atoms with Gasteiger partial charge in [0.1, 0.15) is 11.6 Å². The molecule has 2 N–H and O–H groups in total. The molecule has 2 rings (SSSR count). The molecule has 0 fully saturated rings. The van der Waals surface area contributed by atoms with E-state index < -0.39 is 0 Å². The monoisotopic (exact) mass is 202 g/mol. The van der Waals surface area contributed by atoms with E-state index in [2.05, 4.69) is 20.3 Å². The van der Waals surface area contributed by atoms with E-state index >= 15 is 0 Å². The van der Waals surface area contributed by atoms with Crippen LogP contribution in [0.2, 0.25) is 0 Å². The van der Waals surface area contributed by atoms with Gasteiger partial charge in [-0.15, -0.1) is 0 Å². The zero-order chi connectivity index (χ0) is 10.5. The van der Waals surface area contributed by atoms with Crippen LogP contribution in [0.1, 0.15) is 5.56 Å². The van der Waals surface area contributed by atoms with E-state index in [0.717, 1.165) is 5.56 Å². The third kappa shape index (κ3) is 2.47. The Morgan fingerprint density at radius 2 is 2.00 bits per heavy atom. The Kier molecular flexibility index (Phi) is 2.85. The maximum atomic E-state index is 8.94. The van der Waals surface area contributed by atoms with Crippen LogP contribution >= 0.6 is 0 Å². The van der Waals surface area contributed by atoms with Gasteiger partial charge in [0.25, 0.3) is 0 Å². The van der Waals surface area contributed by atoms with Gasteiger partial charge in [0.15, 0.2) is 0 Å². The van der Waals surface area contributed by atoms with Crippen molar-refractivity contribution in [2.24, 2.45) is 0 Å². The van der Waals surface area contributed by atoms with Crippen molar-refractivity contribution in [1.29, 1.82) is 0 Å². The molecule has 0 bridgehead atoms. The highest BCUT2D eigenvalue weighted by molar-refractivity contribution is 5.50. The summed E-state index contributed by atoms with van der Waals surface area (Å²) >= 11 is 0. The van der Waals surface area contributed by atoms with Crippen molar-refractivity contribution in [3.8, 4) is 0 Å². The van der Waals surface area contributed by atoms with E-state index in [1.54, 1.807) is 36.9 Å². The highest BCUT2D eigenvalue weighted by Crippen LogP contribution is 2.11. The number of aromatic nitrogens is 3. The highest BCUT2D eigenvalue weighted by Gasteiger charge is 1.97. The number of aliphatic hydroxyl groups is 1. The molecule has 0 aliphatic rings. The fourth-order valence-electron chi connectivity index (χ4n) is 1.14. The number of nitrogens with zero attached hydrogens (tertiary/aromatic N) is 3. The topological polar surface area (TPSA) is 70.9 Å². The molecule has 2 aromatic rings. The molecule has 2 heterocycles. The number of pyridine rings is 1. The summed E-state index contributed by atoms with van der Waals surface area (Å²) in [5.41, 5.74) is 0.802. The van der Waals surface area contributed by atoms with Crippen LogP contribution in [0.15, 0.2) is 36.9 Å². The molecule has 0 saturated carbocycles. The van der Waals surface area contributed by atoms with Gasteiger partial charge in [0.2, 0.25) is 0 Å². The molecule has 0 saturated heterocycles. The summed E-state index contributed by atoms with van der Waals surface area (Å²) in [5, 5.41) is 11.9. The first kappa shape index (κ1) is 9.54. The number of rotatable bonds is 3. The lowest BCUT2D eigenvalue weighted by Gasteiger charge is -2.04. The van der Waals surface area contributed by atoms with E-state index in [4.69, 9.17) is 5.11 Å². The van der Waals surface area contributed by atoms with Crippen molar-refractivity contribution < 1.29 is 5.11 Å². The van der Waals surface area contributed by atoms with Crippen LogP contribution in [0, 0.1) is 0 Å². The molecular weight excluding hydrogens is 192 g/mol. The second kappa shape index (κ2) is 4.47. The van der Waals surface area contributed by atoms with Crippen molar-refractivity contribution >= 4 is 11.6 Å². The van der Waals surface area contributed by atoms with Gasteiger partial charge >= 0.3 is 0 Å². The Morgan fingerprint density at radius 3 is 2.73 bits per heavy atom. The van der Waals surface area contributed by atoms with Crippen LogP contribution < -0.4 is 5.32 Å². The van der Waals surface area contributed by atoms with E-state index in [-0.39, 0.29) is 6.61 Å². The molecule has 2 aromatic heterocycles. The van der Waals surface area contributed by atoms with E-state index in [1.165, 1.54) is 0 Å². The fourth-order valence-corrected chi connectivity index (χ4v) is 1.14. The lowest BCUT2D eigenvalue weighted by molar-refractivity contribution is 0.282. The molecule has 0 spiro atoms. The Bertz CT molecular complexity index is 432. The Balaban J connectivity index is 2.17. The molecule has 76 valence electrons.